The van der Waals surface area contributed by atoms with Gasteiger partial charge in [0.25, 0.3) is 0 Å². The lowest BCUT2D eigenvalue weighted by Crippen LogP contribution is -2.00. The molecule has 0 bridgehead atoms. The molecule has 0 aliphatic rings. The highest BCUT2D eigenvalue weighted by Crippen LogP contribution is 2.17. The van der Waals surface area contributed by atoms with Crippen LogP contribution in [0.15, 0.2) is 16.8 Å². The Morgan fingerprint density at radius 3 is 3.08 bits per heavy atom. The summed E-state index contributed by atoms with van der Waals surface area (Å²) in [6.45, 7) is -0.0313. The fourth-order valence-electron chi connectivity index (χ4n) is 0.892. The number of methoxy groups -OCH3 is 1. The third-order valence-corrected chi connectivity index (χ3v) is 2.26. The molecule has 0 radical (unpaired) electrons. The molecule has 3 nitrogen and oxygen atoms in total. The van der Waals surface area contributed by atoms with E-state index in [1.54, 1.807) is 17.5 Å². The summed E-state index contributed by atoms with van der Waals surface area (Å²) >= 11 is 1.43. The summed E-state index contributed by atoms with van der Waals surface area (Å²) in [5.74, 6) is -0.348. The predicted octanol–water partition coefficient (Wildman–Crippen LogP) is 1.54. The zero-order valence-corrected chi connectivity index (χ0v) is 8.00. The van der Waals surface area contributed by atoms with Crippen LogP contribution in [0.1, 0.15) is 15.9 Å². The third-order valence-electron chi connectivity index (χ3n) is 1.50. The van der Waals surface area contributed by atoms with E-state index in [9.17, 15) is 4.79 Å². The maximum Gasteiger partial charge on any atom is 0.339 e. The number of carbonyl (C=O) groups excluding carboxylic acids is 1. The minimum atomic E-state index is -0.348. The van der Waals surface area contributed by atoms with Gasteiger partial charge in [0.05, 0.1) is 19.3 Å². The van der Waals surface area contributed by atoms with E-state index in [0.29, 0.717) is 5.56 Å². The maximum absolute atomic E-state index is 11.1. The quantitative estimate of drug-likeness (QED) is 0.749. The van der Waals surface area contributed by atoms with Gasteiger partial charge in [-0.3, -0.25) is 0 Å². The van der Waals surface area contributed by atoms with Crippen molar-refractivity contribution in [2.45, 2.75) is 0 Å². The zero-order chi connectivity index (χ0) is 9.68. The molecule has 1 aromatic heterocycles. The molecule has 1 rings (SSSR count). The zero-order valence-electron chi connectivity index (χ0n) is 7.19. The van der Waals surface area contributed by atoms with E-state index >= 15 is 0 Å². The Morgan fingerprint density at radius 1 is 1.69 bits per heavy atom. The van der Waals surface area contributed by atoms with E-state index in [4.69, 9.17) is 5.11 Å². The lowest BCUT2D eigenvalue weighted by Gasteiger charge is -1.96. The van der Waals surface area contributed by atoms with E-state index in [0.717, 1.165) is 5.56 Å². The highest BCUT2D eigenvalue weighted by Gasteiger charge is 2.09. The fourth-order valence-corrected chi connectivity index (χ4v) is 1.68. The van der Waals surface area contributed by atoms with Gasteiger partial charge in [-0.25, -0.2) is 4.79 Å². The number of aliphatic hydroxyl groups excluding tert-OH is 1. The van der Waals surface area contributed by atoms with Crippen LogP contribution in [-0.4, -0.2) is 24.8 Å². The molecule has 0 saturated carbocycles. The molecule has 4 heteroatoms. The summed E-state index contributed by atoms with van der Waals surface area (Å²) in [5.41, 5.74) is 1.32. The second kappa shape index (κ2) is 4.79. The summed E-state index contributed by atoms with van der Waals surface area (Å²) in [6.07, 6.45) is 3.28. The summed E-state index contributed by atoms with van der Waals surface area (Å²) < 4.78 is 4.59. The van der Waals surface area contributed by atoms with Crippen molar-refractivity contribution in [2.75, 3.05) is 13.7 Å². The average Bonchev–Trinajstić information content (AvgIpc) is 2.61. The molecule has 0 unspecified atom stereocenters. The smallest absolute Gasteiger partial charge is 0.339 e. The number of carbonyl (C=O) groups is 1. The minimum absolute atomic E-state index is 0.0313. The fraction of sp³-hybridized carbons (Fsp3) is 0.222. The van der Waals surface area contributed by atoms with Crippen molar-refractivity contribution in [3.63, 3.8) is 0 Å². The normalized spacial score (nSPS) is 10.6. The first-order chi connectivity index (χ1) is 6.29. The van der Waals surface area contributed by atoms with Crippen molar-refractivity contribution in [1.29, 1.82) is 0 Å². The molecular weight excluding hydrogens is 188 g/mol. The number of esters is 1. The van der Waals surface area contributed by atoms with Crippen LogP contribution in [0.25, 0.3) is 6.08 Å². The van der Waals surface area contributed by atoms with Crippen molar-refractivity contribution in [2.24, 2.45) is 0 Å². The Morgan fingerprint density at radius 2 is 2.46 bits per heavy atom. The van der Waals surface area contributed by atoms with E-state index < -0.39 is 0 Å². The summed E-state index contributed by atoms with van der Waals surface area (Å²) in [4.78, 5) is 11.1. The molecule has 0 atom stereocenters. The van der Waals surface area contributed by atoms with Crippen molar-refractivity contribution in [1.82, 2.24) is 0 Å². The maximum atomic E-state index is 11.1. The van der Waals surface area contributed by atoms with E-state index in [-0.39, 0.29) is 12.6 Å². The second-order valence-electron chi connectivity index (χ2n) is 2.32. The van der Waals surface area contributed by atoms with Gasteiger partial charge >= 0.3 is 5.97 Å². The molecule has 1 aromatic rings. The van der Waals surface area contributed by atoms with Crippen LogP contribution in [0, 0.1) is 0 Å². The Balaban J connectivity index is 2.89. The van der Waals surface area contributed by atoms with Crippen LogP contribution in [0.5, 0.6) is 0 Å². The Labute approximate surface area is 80.3 Å². The molecule has 0 amide bonds. The first-order valence-corrected chi connectivity index (χ1v) is 4.65. The SMILES string of the molecule is COC(=O)c1cscc1C=CCO. The van der Waals surface area contributed by atoms with Gasteiger partial charge in [-0.2, -0.15) is 11.3 Å². The first kappa shape index (κ1) is 9.95. The largest absolute Gasteiger partial charge is 0.465 e. The molecule has 0 fully saturated rings. The molecule has 0 aliphatic heterocycles. The summed E-state index contributed by atoms with van der Waals surface area (Å²) in [6, 6.07) is 0. The number of rotatable bonds is 3. The lowest BCUT2D eigenvalue weighted by atomic mass is 10.2. The lowest BCUT2D eigenvalue weighted by molar-refractivity contribution is 0.0601. The van der Waals surface area contributed by atoms with Crippen molar-refractivity contribution in [3.8, 4) is 0 Å². The Hall–Kier alpha value is -1.13. The molecule has 70 valence electrons. The summed E-state index contributed by atoms with van der Waals surface area (Å²) in [7, 11) is 1.35. The van der Waals surface area contributed by atoms with Gasteiger partial charge in [-0.05, 0) is 10.9 Å². The van der Waals surface area contributed by atoms with Crippen molar-refractivity contribution < 1.29 is 14.6 Å². The van der Waals surface area contributed by atoms with Crippen LogP contribution in [0.3, 0.4) is 0 Å². The van der Waals surface area contributed by atoms with Gasteiger partial charge in [-0.15, -0.1) is 0 Å². The number of ether oxygens (including phenoxy) is 1. The van der Waals surface area contributed by atoms with Crippen molar-refractivity contribution in [3.05, 3.63) is 28.0 Å². The number of thiophene rings is 1. The highest BCUT2D eigenvalue weighted by molar-refractivity contribution is 7.08. The first-order valence-electron chi connectivity index (χ1n) is 3.71. The predicted molar refractivity (Wildman–Crippen MR) is 51.8 cm³/mol. The highest BCUT2D eigenvalue weighted by atomic mass is 32.1. The number of aliphatic hydroxyl groups is 1. The molecule has 0 aliphatic carbocycles. The number of hydrogen-bond donors (Lipinski definition) is 1. The van der Waals surface area contributed by atoms with Gasteiger partial charge in [-0.1, -0.05) is 12.2 Å². The topological polar surface area (TPSA) is 46.5 Å². The summed E-state index contributed by atoms with van der Waals surface area (Å²) in [5, 5.41) is 12.1. The van der Waals surface area contributed by atoms with E-state index in [2.05, 4.69) is 4.74 Å². The standard InChI is InChI=1S/C9H10O3S/c1-12-9(11)8-6-13-5-7(8)3-2-4-10/h2-3,5-6,10H,4H2,1H3. The van der Waals surface area contributed by atoms with Gasteiger partial charge in [0, 0.05) is 5.38 Å². The molecular formula is C9H10O3S. The van der Waals surface area contributed by atoms with E-state index in [1.165, 1.54) is 18.4 Å². The minimum Gasteiger partial charge on any atom is -0.465 e. The van der Waals surface area contributed by atoms with Gasteiger partial charge in [0.15, 0.2) is 0 Å². The Kier molecular flexibility index (Phi) is 3.67. The van der Waals surface area contributed by atoms with Crippen molar-refractivity contribution >= 4 is 23.4 Å². The monoisotopic (exact) mass is 198 g/mol. The molecule has 1 N–H and O–H groups in total. The van der Waals surface area contributed by atoms with Crippen LogP contribution in [0.2, 0.25) is 0 Å². The van der Waals surface area contributed by atoms with Gasteiger partial charge in [0.2, 0.25) is 0 Å². The van der Waals surface area contributed by atoms with E-state index in [1.807, 2.05) is 5.38 Å². The Bertz CT molecular complexity index is 314. The molecule has 13 heavy (non-hydrogen) atoms. The van der Waals surface area contributed by atoms with Crippen LogP contribution < -0.4 is 0 Å². The average molecular weight is 198 g/mol. The molecule has 0 saturated heterocycles. The third kappa shape index (κ3) is 2.40. The molecule has 1 heterocycles. The van der Waals surface area contributed by atoms with Gasteiger partial charge in [0.1, 0.15) is 0 Å². The van der Waals surface area contributed by atoms with Crippen LogP contribution in [-0.2, 0) is 4.74 Å². The van der Waals surface area contributed by atoms with Crippen LogP contribution >= 0.6 is 11.3 Å². The second-order valence-corrected chi connectivity index (χ2v) is 3.06. The molecule has 0 aromatic carbocycles. The molecule has 0 spiro atoms. The van der Waals surface area contributed by atoms with Gasteiger partial charge < -0.3 is 9.84 Å². The number of hydrogen-bond acceptors (Lipinski definition) is 4. The van der Waals surface area contributed by atoms with Crippen LogP contribution in [0.4, 0.5) is 0 Å².